The molecule has 1 amide bonds. The van der Waals surface area contributed by atoms with Crippen molar-refractivity contribution in [3.8, 4) is 11.8 Å². The summed E-state index contributed by atoms with van der Waals surface area (Å²) in [5.41, 5.74) is 2.70. The number of nitrogens with zero attached hydrogens (tertiary/aromatic N) is 3. The molecule has 1 heterocycles. The van der Waals surface area contributed by atoms with E-state index >= 15 is 0 Å². The van der Waals surface area contributed by atoms with Gasteiger partial charge in [-0.15, -0.1) is 0 Å². The molecular weight excluding hydrogens is 460 g/mol. The maximum absolute atomic E-state index is 12.5. The molecule has 0 aliphatic rings. The number of sulfone groups is 1. The van der Waals surface area contributed by atoms with E-state index in [-0.39, 0.29) is 15.9 Å². The van der Waals surface area contributed by atoms with Gasteiger partial charge in [0.2, 0.25) is 15.0 Å². The monoisotopic (exact) mass is 482 g/mol. The molecule has 1 N–H and O–H groups in total. The SMILES string of the molecule is Cc1ccc(COc2ccc(C=C(C#N)C(=O)Nc3nc(S(=O)(=O)C(C)C)ns3)cc2)cc1. The second kappa shape index (κ2) is 10.4. The molecular formula is C23H22N4O4S2. The van der Waals surface area contributed by atoms with Crippen LogP contribution < -0.4 is 10.1 Å². The topological polar surface area (TPSA) is 122 Å². The Morgan fingerprint density at radius 1 is 1.18 bits per heavy atom. The van der Waals surface area contributed by atoms with Crippen LogP contribution in [0, 0.1) is 18.3 Å². The van der Waals surface area contributed by atoms with Crippen LogP contribution in [0.5, 0.6) is 5.75 Å². The van der Waals surface area contributed by atoms with E-state index in [1.165, 1.54) is 25.5 Å². The van der Waals surface area contributed by atoms with Crippen molar-refractivity contribution >= 4 is 38.5 Å². The first-order chi connectivity index (χ1) is 15.7. The van der Waals surface area contributed by atoms with Gasteiger partial charge in [-0.05, 0) is 50.1 Å². The second-order valence-corrected chi connectivity index (χ2v) is 10.6. The normalized spacial score (nSPS) is 11.8. The van der Waals surface area contributed by atoms with Crippen LogP contribution in [0.25, 0.3) is 6.08 Å². The first-order valence-electron chi connectivity index (χ1n) is 9.98. The van der Waals surface area contributed by atoms with Crippen LogP contribution in [0.3, 0.4) is 0 Å². The zero-order valence-electron chi connectivity index (χ0n) is 18.3. The van der Waals surface area contributed by atoms with Crippen molar-refractivity contribution in [2.45, 2.75) is 37.8 Å². The Morgan fingerprint density at radius 2 is 1.85 bits per heavy atom. The highest BCUT2D eigenvalue weighted by atomic mass is 32.2. The summed E-state index contributed by atoms with van der Waals surface area (Å²) in [6, 6.07) is 16.9. The number of nitrogens with one attached hydrogen (secondary N) is 1. The molecule has 3 aromatic rings. The molecule has 8 nitrogen and oxygen atoms in total. The summed E-state index contributed by atoms with van der Waals surface area (Å²) in [5.74, 6) is -0.0507. The average molecular weight is 483 g/mol. The molecule has 1 aromatic heterocycles. The van der Waals surface area contributed by atoms with Gasteiger partial charge in [-0.3, -0.25) is 10.1 Å². The van der Waals surface area contributed by atoms with Crippen molar-refractivity contribution in [2.24, 2.45) is 0 Å². The van der Waals surface area contributed by atoms with E-state index in [0.717, 1.165) is 17.1 Å². The Hall–Kier alpha value is -3.55. The first kappa shape index (κ1) is 24.1. The van der Waals surface area contributed by atoms with E-state index in [4.69, 9.17) is 4.74 Å². The van der Waals surface area contributed by atoms with Gasteiger partial charge in [0, 0.05) is 11.5 Å². The van der Waals surface area contributed by atoms with Crippen LogP contribution in [0.2, 0.25) is 0 Å². The van der Waals surface area contributed by atoms with Crippen LogP contribution in [0.15, 0.2) is 59.3 Å². The van der Waals surface area contributed by atoms with E-state index in [2.05, 4.69) is 14.7 Å². The maximum atomic E-state index is 12.5. The highest BCUT2D eigenvalue weighted by molar-refractivity contribution is 7.91. The summed E-state index contributed by atoms with van der Waals surface area (Å²) >= 11 is 0.737. The van der Waals surface area contributed by atoms with Crippen molar-refractivity contribution in [3.05, 3.63) is 70.8 Å². The summed E-state index contributed by atoms with van der Waals surface area (Å²) in [5, 5.41) is 10.8. The van der Waals surface area contributed by atoms with Crippen molar-refractivity contribution in [1.29, 1.82) is 5.26 Å². The molecule has 0 aliphatic carbocycles. The number of benzene rings is 2. The molecule has 0 spiro atoms. The quantitative estimate of drug-likeness (QED) is 0.378. The number of ether oxygens (including phenoxy) is 1. The van der Waals surface area contributed by atoms with Gasteiger partial charge in [-0.2, -0.15) is 14.6 Å². The number of hydrogen-bond donors (Lipinski definition) is 1. The fraction of sp³-hybridized carbons (Fsp3) is 0.217. The van der Waals surface area contributed by atoms with Crippen molar-refractivity contribution in [2.75, 3.05) is 5.32 Å². The third-order valence-electron chi connectivity index (χ3n) is 4.59. The number of hydrogen-bond acceptors (Lipinski definition) is 8. The van der Waals surface area contributed by atoms with Gasteiger partial charge in [0.15, 0.2) is 0 Å². The Bertz CT molecular complexity index is 1300. The van der Waals surface area contributed by atoms with Gasteiger partial charge in [0.1, 0.15) is 24.0 Å². The largest absolute Gasteiger partial charge is 0.489 e. The summed E-state index contributed by atoms with van der Waals surface area (Å²) in [4.78, 5) is 16.3. The maximum Gasteiger partial charge on any atom is 0.268 e. The molecule has 0 saturated heterocycles. The lowest BCUT2D eigenvalue weighted by Crippen LogP contribution is -2.16. The molecule has 0 bridgehead atoms. The smallest absolute Gasteiger partial charge is 0.268 e. The van der Waals surface area contributed by atoms with Gasteiger partial charge >= 0.3 is 0 Å². The zero-order chi connectivity index (χ0) is 24.0. The summed E-state index contributed by atoms with van der Waals surface area (Å²) in [6.45, 7) is 5.49. The van der Waals surface area contributed by atoms with E-state index in [1.807, 2.05) is 37.3 Å². The average Bonchev–Trinajstić information content (AvgIpc) is 3.27. The summed E-state index contributed by atoms with van der Waals surface area (Å²) in [7, 11) is -3.65. The number of anilines is 1. The minimum absolute atomic E-state index is 0.000212. The van der Waals surface area contributed by atoms with E-state index in [9.17, 15) is 18.5 Å². The number of carbonyl (C=O) groups excluding carboxylic acids is 1. The number of aryl methyl sites for hydroxylation is 1. The second-order valence-electron chi connectivity index (χ2n) is 7.44. The predicted octanol–water partition coefficient (Wildman–Crippen LogP) is 4.15. The predicted molar refractivity (Wildman–Crippen MR) is 126 cm³/mol. The van der Waals surface area contributed by atoms with Gasteiger partial charge in [0.05, 0.1) is 5.25 Å². The number of aromatic nitrogens is 2. The molecule has 170 valence electrons. The third kappa shape index (κ3) is 6.25. The van der Waals surface area contributed by atoms with Gasteiger partial charge < -0.3 is 4.74 Å². The number of rotatable bonds is 8. The van der Waals surface area contributed by atoms with Crippen LogP contribution in [-0.4, -0.2) is 28.9 Å². The Morgan fingerprint density at radius 3 is 2.45 bits per heavy atom. The van der Waals surface area contributed by atoms with Crippen molar-refractivity contribution < 1.29 is 17.9 Å². The Balaban J connectivity index is 1.65. The minimum atomic E-state index is -3.65. The molecule has 0 radical (unpaired) electrons. The molecule has 0 unspecified atom stereocenters. The van der Waals surface area contributed by atoms with Crippen LogP contribution in [-0.2, 0) is 21.2 Å². The molecule has 0 atom stereocenters. The van der Waals surface area contributed by atoms with E-state index in [0.29, 0.717) is 17.9 Å². The molecule has 10 heteroatoms. The molecule has 0 aliphatic heterocycles. The lowest BCUT2D eigenvalue weighted by Gasteiger charge is -2.07. The van der Waals surface area contributed by atoms with Gasteiger partial charge in [-0.1, -0.05) is 42.0 Å². The van der Waals surface area contributed by atoms with Crippen LogP contribution >= 0.6 is 11.5 Å². The lowest BCUT2D eigenvalue weighted by atomic mass is 10.1. The minimum Gasteiger partial charge on any atom is -0.489 e. The van der Waals surface area contributed by atoms with Gasteiger partial charge in [0.25, 0.3) is 11.1 Å². The molecule has 0 saturated carbocycles. The van der Waals surface area contributed by atoms with Gasteiger partial charge in [-0.25, -0.2) is 8.42 Å². The molecule has 0 fully saturated rings. The number of nitriles is 1. The summed E-state index contributed by atoms with van der Waals surface area (Å²) in [6.07, 6.45) is 1.42. The first-order valence-corrected chi connectivity index (χ1v) is 12.3. The number of amides is 1. The molecule has 33 heavy (non-hydrogen) atoms. The van der Waals surface area contributed by atoms with Crippen molar-refractivity contribution in [1.82, 2.24) is 9.36 Å². The number of carbonyl (C=O) groups is 1. The summed E-state index contributed by atoms with van der Waals surface area (Å²) < 4.78 is 33.8. The highest BCUT2D eigenvalue weighted by Gasteiger charge is 2.25. The lowest BCUT2D eigenvalue weighted by molar-refractivity contribution is -0.112. The third-order valence-corrected chi connectivity index (χ3v) is 7.26. The Kier molecular flexibility index (Phi) is 7.58. The fourth-order valence-electron chi connectivity index (χ4n) is 2.58. The highest BCUT2D eigenvalue weighted by Crippen LogP contribution is 2.20. The Labute approximate surface area is 196 Å². The van der Waals surface area contributed by atoms with Crippen LogP contribution in [0.4, 0.5) is 5.13 Å². The standard InChI is InChI=1S/C23H22N4O4S2/c1-15(2)33(29,30)23-26-22(32-27-23)25-21(28)19(13-24)12-17-8-10-20(11-9-17)31-14-18-6-4-16(3)5-7-18/h4-12,15H,14H2,1-3H3,(H,25,26,27,28). The molecule has 3 rings (SSSR count). The van der Waals surface area contributed by atoms with Crippen molar-refractivity contribution in [3.63, 3.8) is 0 Å². The van der Waals surface area contributed by atoms with E-state index in [1.54, 1.807) is 24.3 Å². The van der Waals surface area contributed by atoms with E-state index < -0.39 is 21.0 Å². The fourth-order valence-corrected chi connectivity index (χ4v) is 4.27. The zero-order valence-corrected chi connectivity index (χ0v) is 19.9. The van der Waals surface area contributed by atoms with Crippen LogP contribution in [0.1, 0.15) is 30.5 Å². The molecule has 2 aromatic carbocycles.